The Balaban J connectivity index is 2.10. The number of aliphatic hydroxyl groups excluding tert-OH is 1. The van der Waals surface area contributed by atoms with Gasteiger partial charge in [-0.3, -0.25) is 4.98 Å². The summed E-state index contributed by atoms with van der Waals surface area (Å²) in [7, 11) is 0. The number of pyridine rings is 1. The van der Waals surface area contributed by atoms with Crippen molar-refractivity contribution in [1.29, 1.82) is 0 Å². The van der Waals surface area contributed by atoms with Gasteiger partial charge in [-0.05, 0) is 25.5 Å². The predicted octanol–water partition coefficient (Wildman–Crippen LogP) is 2.32. The van der Waals surface area contributed by atoms with Gasteiger partial charge in [0.2, 0.25) is 0 Å². The highest BCUT2D eigenvalue weighted by Gasteiger charge is 2.51. The molecule has 3 atom stereocenters. The number of hydrogen-bond acceptors (Lipinski definition) is 3. The van der Waals surface area contributed by atoms with Crippen molar-refractivity contribution in [2.75, 3.05) is 0 Å². The summed E-state index contributed by atoms with van der Waals surface area (Å²) in [5.74, 6) is 0.832. The Labute approximate surface area is 96.5 Å². The summed E-state index contributed by atoms with van der Waals surface area (Å²) in [4.78, 5) is 4.20. The Morgan fingerprint density at radius 2 is 2.38 bits per heavy atom. The van der Waals surface area contributed by atoms with Crippen molar-refractivity contribution in [1.82, 2.24) is 4.98 Å². The molecule has 3 unspecified atom stereocenters. The standard InChI is InChI=1S/C13H19NO2/c1-4-13(3)11(15)8-12(13)16-10-6-5-7-14-9(10)2/h5-7,11-12,15H,4,8H2,1-3H3. The second-order valence-corrected chi connectivity index (χ2v) is 4.80. The van der Waals surface area contributed by atoms with E-state index in [0.29, 0.717) is 0 Å². The van der Waals surface area contributed by atoms with Crippen molar-refractivity contribution in [3.8, 4) is 5.75 Å². The smallest absolute Gasteiger partial charge is 0.140 e. The van der Waals surface area contributed by atoms with Crippen molar-refractivity contribution in [3.63, 3.8) is 0 Å². The Hall–Kier alpha value is -1.09. The maximum atomic E-state index is 9.79. The van der Waals surface area contributed by atoms with Crippen LogP contribution in [0.15, 0.2) is 18.3 Å². The Morgan fingerprint density at radius 1 is 1.62 bits per heavy atom. The summed E-state index contributed by atoms with van der Waals surface area (Å²) >= 11 is 0. The van der Waals surface area contributed by atoms with E-state index >= 15 is 0 Å². The van der Waals surface area contributed by atoms with E-state index in [1.54, 1.807) is 6.20 Å². The van der Waals surface area contributed by atoms with Crippen molar-refractivity contribution < 1.29 is 9.84 Å². The molecule has 1 aliphatic carbocycles. The molecule has 2 rings (SSSR count). The van der Waals surface area contributed by atoms with E-state index in [1.165, 1.54) is 0 Å². The molecule has 0 amide bonds. The maximum Gasteiger partial charge on any atom is 0.140 e. The summed E-state index contributed by atoms with van der Waals surface area (Å²) in [6.45, 7) is 6.11. The minimum Gasteiger partial charge on any atom is -0.488 e. The van der Waals surface area contributed by atoms with E-state index in [9.17, 15) is 5.11 Å². The van der Waals surface area contributed by atoms with E-state index in [0.717, 1.165) is 24.3 Å². The molecule has 1 saturated carbocycles. The monoisotopic (exact) mass is 221 g/mol. The fraction of sp³-hybridized carbons (Fsp3) is 0.615. The van der Waals surface area contributed by atoms with Crippen LogP contribution in [0.2, 0.25) is 0 Å². The first-order chi connectivity index (χ1) is 7.58. The van der Waals surface area contributed by atoms with Gasteiger partial charge in [-0.25, -0.2) is 0 Å². The molecule has 0 spiro atoms. The van der Waals surface area contributed by atoms with Crippen LogP contribution in [0.1, 0.15) is 32.4 Å². The zero-order chi connectivity index (χ0) is 11.8. The highest BCUT2D eigenvalue weighted by Crippen LogP contribution is 2.46. The van der Waals surface area contributed by atoms with Crippen LogP contribution in [0, 0.1) is 12.3 Å². The van der Waals surface area contributed by atoms with Gasteiger partial charge in [0.15, 0.2) is 0 Å². The van der Waals surface area contributed by atoms with Gasteiger partial charge in [0.05, 0.1) is 11.8 Å². The highest BCUT2D eigenvalue weighted by molar-refractivity contribution is 5.26. The molecule has 0 aromatic carbocycles. The number of hydrogen-bond donors (Lipinski definition) is 1. The third kappa shape index (κ3) is 1.69. The first-order valence-electron chi connectivity index (χ1n) is 5.84. The van der Waals surface area contributed by atoms with Crippen LogP contribution in [0.25, 0.3) is 0 Å². The number of aromatic nitrogens is 1. The van der Waals surface area contributed by atoms with Crippen LogP contribution >= 0.6 is 0 Å². The number of aryl methyl sites for hydroxylation is 1. The van der Waals surface area contributed by atoms with Crippen molar-refractivity contribution in [2.45, 2.75) is 45.8 Å². The van der Waals surface area contributed by atoms with Gasteiger partial charge >= 0.3 is 0 Å². The summed E-state index contributed by atoms with van der Waals surface area (Å²) in [6.07, 6.45) is 3.28. The molecule has 1 heterocycles. The Kier molecular flexibility index (Phi) is 2.89. The molecule has 0 aliphatic heterocycles. The first-order valence-corrected chi connectivity index (χ1v) is 5.84. The third-order valence-corrected chi connectivity index (χ3v) is 3.92. The Morgan fingerprint density at radius 3 is 2.94 bits per heavy atom. The average molecular weight is 221 g/mol. The zero-order valence-electron chi connectivity index (χ0n) is 10.1. The molecular weight excluding hydrogens is 202 g/mol. The minimum atomic E-state index is -0.237. The van der Waals surface area contributed by atoms with E-state index in [1.807, 2.05) is 19.1 Å². The van der Waals surface area contributed by atoms with Gasteiger partial charge in [-0.15, -0.1) is 0 Å². The molecule has 0 bridgehead atoms. The molecule has 0 saturated heterocycles. The fourth-order valence-corrected chi connectivity index (χ4v) is 2.19. The predicted molar refractivity (Wildman–Crippen MR) is 62.4 cm³/mol. The molecular formula is C13H19NO2. The summed E-state index contributed by atoms with van der Waals surface area (Å²) in [5, 5.41) is 9.79. The highest BCUT2D eigenvalue weighted by atomic mass is 16.5. The van der Waals surface area contributed by atoms with Gasteiger partial charge in [0.1, 0.15) is 11.9 Å². The SMILES string of the molecule is CCC1(C)C(O)CC1Oc1cccnc1C. The quantitative estimate of drug-likeness (QED) is 0.851. The lowest BCUT2D eigenvalue weighted by Gasteiger charge is -2.50. The van der Waals surface area contributed by atoms with Gasteiger partial charge < -0.3 is 9.84 Å². The largest absolute Gasteiger partial charge is 0.488 e. The van der Waals surface area contributed by atoms with Crippen LogP contribution in [0.4, 0.5) is 0 Å². The van der Waals surface area contributed by atoms with Crippen molar-refractivity contribution in [3.05, 3.63) is 24.0 Å². The van der Waals surface area contributed by atoms with E-state index in [-0.39, 0.29) is 17.6 Å². The molecule has 1 aromatic rings. The lowest BCUT2D eigenvalue weighted by molar-refractivity contribution is -0.147. The van der Waals surface area contributed by atoms with Gasteiger partial charge in [0, 0.05) is 18.0 Å². The summed E-state index contributed by atoms with van der Waals surface area (Å²) in [6, 6.07) is 3.81. The first kappa shape index (κ1) is 11.4. The van der Waals surface area contributed by atoms with Crippen LogP contribution in [0.3, 0.4) is 0 Å². The molecule has 1 fully saturated rings. The molecule has 1 aliphatic rings. The maximum absolute atomic E-state index is 9.79. The normalized spacial score (nSPS) is 33.2. The number of aliphatic hydroxyl groups is 1. The van der Waals surface area contributed by atoms with Gasteiger partial charge in [-0.2, -0.15) is 0 Å². The van der Waals surface area contributed by atoms with Crippen molar-refractivity contribution in [2.24, 2.45) is 5.41 Å². The topological polar surface area (TPSA) is 42.4 Å². The van der Waals surface area contributed by atoms with E-state index in [4.69, 9.17) is 4.74 Å². The molecule has 0 radical (unpaired) electrons. The van der Waals surface area contributed by atoms with Gasteiger partial charge in [-0.1, -0.05) is 13.8 Å². The summed E-state index contributed by atoms with van der Waals surface area (Å²) < 4.78 is 5.94. The van der Waals surface area contributed by atoms with Crippen LogP contribution in [-0.4, -0.2) is 22.3 Å². The minimum absolute atomic E-state index is 0.107. The lowest BCUT2D eigenvalue weighted by atomic mass is 9.63. The molecule has 88 valence electrons. The van der Waals surface area contributed by atoms with E-state index in [2.05, 4.69) is 18.8 Å². The molecule has 16 heavy (non-hydrogen) atoms. The third-order valence-electron chi connectivity index (χ3n) is 3.92. The average Bonchev–Trinajstić information content (AvgIpc) is 2.30. The van der Waals surface area contributed by atoms with Crippen LogP contribution < -0.4 is 4.74 Å². The zero-order valence-corrected chi connectivity index (χ0v) is 10.1. The second-order valence-electron chi connectivity index (χ2n) is 4.80. The molecule has 3 heteroatoms. The van der Waals surface area contributed by atoms with E-state index < -0.39 is 0 Å². The number of nitrogens with zero attached hydrogens (tertiary/aromatic N) is 1. The van der Waals surface area contributed by atoms with Crippen LogP contribution in [0.5, 0.6) is 5.75 Å². The Bertz CT molecular complexity index is 380. The molecule has 1 N–H and O–H groups in total. The number of rotatable bonds is 3. The lowest BCUT2D eigenvalue weighted by Crippen LogP contribution is -2.57. The fourth-order valence-electron chi connectivity index (χ4n) is 2.19. The van der Waals surface area contributed by atoms with Crippen molar-refractivity contribution >= 4 is 0 Å². The van der Waals surface area contributed by atoms with Gasteiger partial charge in [0.25, 0.3) is 0 Å². The molecule has 3 nitrogen and oxygen atoms in total. The second kappa shape index (κ2) is 4.06. The number of ether oxygens (including phenoxy) is 1. The van der Waals surface area contributed by atoms with Crippen LogP contribution in [-0.2, 0) is 0 Å². The molecule has 1 aromatic heterocycles. The summed E-state index contributed by atoms with van der Waals surface area (Å²) in [5.41, 5.74) is 0.796.